The number of phenolic OH excluding ortho intramolecular Hbond substituents is 2. The van der Waals surface area contributed by atoms with E-state index in [0.717, 1.165) is 56.4 Å². The van der Waals surface area contributed by atoms with Gasteiger partial charge in [0.25, 0.3) is 0 Å². The topological polar surface area (TPSA) is 117 Å². The number of phenols is 2. The van der Waals surface area contributed by atoms with Crippen molar-refractivity contribution in [2.45, 2.75) is 97.3 Å². The van der Waals surface area contributed by atoms with Crippen molar-refractivity contribution in [2.75, 3.05) is 26.2 Å². The van der Waals surface area contributed by atoms with Crippen LogP contribution < -0.4 is 9.47 Å². The Bertz CT molecular complexity index is 1470. The standard InChI is InChI=1S/C19H25NO4.C15H21NO2.C2HF3O.BrH/c1-4-20-9-5-6-15-10-16-14(11-17(15)20)7-8-18(23-12(2)21)19(16)24-13(3)22;1-2-16-7-3-4-11-8-12-10(9-13(11)16)5-6-14(17)15(12)18;3-2(4,5)1-6;/h7-8,15,17H,4-6,9-11H2,1-3H3;5-6,11,13,17-18H,2-4,7-9H2,1H3;1H;1H/t15-,17-;11-,13-;;/m00../s1. The van der Waals surface area contributed by atoms with Gasteiger partial charge in [-0.1, -0.05) is 26.0 Å². The average molecular weight is 758 g/mol. The molecule has 0 aromatic heterocycles. The summed E-state index contributed by atoms with van der Waals surface area (Å²) >= 11 is 0. The number of likely N-dealkylation sites (N-methyl/N-ethyl adjacent to an activating group) is 2. The van der Waals surface area contributed by atoms with Gasteiger partial charge in [-0.25, -0.2) is 0 Å². The van der Waals surface area contributed by atoms with E-state index in [0.29, 0.717) is 35.4 Å². The van der Waals surface area contributed by atoms with Crippen LogP contribution in [0, 0.1) is 11.8 Å². The molecule has 0 saturated carbocycles. The van der Waals surface area contributed by atoms with Gasteiger partial charge in [-0.2, -0.15) is 13.2 Å². The number of hydrogen-bond acceptors (Lipinski definition) is 9. The first kappa shape index (κ1) is 40.3. The zero-order valence-electron chi connectivity index (χ0n) is 28.6. The average Bonchev–Trinajstić information content (AvgIpc) is 3.05. The molecule has 0 amide bonds. The third-order valence-corrected chi connectivity index (χ3v) is 9.98. The number of rotatable bonds is 4. The summed E-state index contributed by atoms with van der Waals surface area (Å²) in [6.45, 7) is 11.7. The van der Waals surface area contributed by atoms with Gasteiger partial charge >= 0.3 is 18.1 Å². The zero-order valence-corrected chi connectivity index (χ0v) is 30.3. The molecule has 0 bridgehead atoms. The molecule has 4 atom stereocenters. The molecule has 0 unspecified atom stereocenters. The van der Waals surface area contributed by atoms with Crippen molar-refractivity contribution in [3.8, 4) is 23.0 Å². The summed E-state index contributed by atoms with van der Waals surface area (Å²) in [7, 11) is 0. The van der Waals surface area contributed by atoms with Crippen molar-refractivity contribution < 1.29 is 47.2 Å². The lowest BCUT2D eigenvalue weighted by Gasteiger charge is -2.44. The molecular weight excluding hydrogens is 709 g/mol. The molecule has 2 aliphatic heterocycles. The van der Waals surface area contributed by atoms with Crippen LogP contribution in [-0.2, 0) is 40.1 Å². The van der Waals surface area contributed by atoms with Crippen LogP contribution in [0.3, 0.4) is 0 Å². The number of alkyl halides is 3. The Morgan fingerprint density at radius 3 is 1.76 bits per heavy atom. The second-order valence-corrected chi connectivity index (χ2v) is 13.0. The van der Waals surface area contributed by atoms with Crippen LogP contribution in [-0.4, -0.2) is 82.7 Å². The zero-order chi connectivity index (χ0) is 35.2. The number of carbonyl (C=O) groups is 3. The summed E-state index contributed by atoms with van der Waals surface area (Å²) < 4.78 is 42.0. The second-order valence-electron chi connectivity index (χ2n) is 13.0. The molecule has 0 radical (unpaired) electrons. The predicted octanol–water partition coefficient (Wildman–Crippen LogP) is 6.36. The van der Waals surface area contributed by atoms with Gasteiger partial charge in [0, 0.05) is 37.1 Å². The van der Waals surface area contributed by atoms with Crippen molar-refractivity contribution in [3.05, 3.63) is 46.5 Å². The number of fused-ring (bicyclic) bond motifs is 4. The quantitative estimate of drug-likeness (QED) is 0.159. The van der Waals surface area contributed by atoms with Gasteiger partial charge in [-0.3, -0.25) is 14.4 Å². The van der Waals surface area contributed by atoms with E-state index in [-0.39, 0.29) is 28.5 Å². The molecule has 4 aliphatic rings. The van der Waals surface area contributed by atoms with Crippen LogP contribution in [0.25, 0.3) is 0 Å². The molecule has 0 spiro atoms. The Balaban J connectivity index is 0.000000230. The summed E-state index contributed by atoms with van der Waals surface area (Å²) in [5.41, 5.74) is 4.42. The lowest BCUT2D eigenvalue weighted by Crippen LogP contribution is -2.49. The van der Waals surface area contributed by atoms with E-state index in [2.05, 4.69) is 23.6 Å². The van der Waals surface area contributed by atoms with Crippen LogP contribution in [0.4, 0.5) is 13.2 Å². The Kier molecular flexibility index (Phi) is 14.5. The van der Waals surface area contributed by atoms with Gasteiger partial charge in [0.05, 0.1) is 0 Å². The molecule has 2 heterocycles. The largest absolute Gasteiger partial charge is 0.504 e. The normalized spacial score (nSPS) is 22.8. The van der Waals surface area contributed by atoms with Crippen LogP contribution in [0.5, 0.6) is 23.0 Å². The van der Waals surface area contributed by atoms with Crippen LogP contribution in [0.1, 0.15) is 75.6 Å². The van der Waals surface area contributed by atoms with E-state index in [1.165, 1.54) is 57.2 Å². The van der Waals surface area contributed by atoms with E-state index in [1.54, 1.807) is 12.1 Å². The molecule has 272 valence electrons. The summed E-state index contributed by atoms with van der Waals surface area (Å²) in [5, 5.41) is 19.6. The first-order chi connectivity index (χ1) is 22.8. The van der Waals surface area contributed by atoms with Gasteiger partial charge in [0.15, 0.2) is 23.0 Å². The lowest BCUT2D eigenvalue weighted by atomic mass is 9.75. The number of esters is 2. The van der Waals surface area contributed by atoms with Gasteiger partial charge in [-0.15, -0.1) is 17.0 Å². The second kappa shape index (κ2) is 17.7. The van der Waals surface area contributed by atoms with Gasteiger partial charge in [-0.05, 0) is 113 Å². The fourth-order valence-corrected chi connectivity index (χ4v) is 7.89. The smallest absolute Gasteiger partial charge is 0.446 e. The van der Waals surface area contributed by atoms with Crippen molar-refractivity contribution in [3.63, 3.8) is 0 Å². The number of likely N-dealkylation sites (tertiary alicyclic amines) is 2. The number of ether oxygens (including phenoxy) is 2. The number of halogens is 4. The SMILES string of the molecule is Br.CCN1CCC[C@H]2Cc3c(ccc(O)c3O)C[C@@H]21.CCN1CCC[C@H]2Cc3c(ccc(OC(C)=O)c3OC(C)=O)C[C@@H]21.O=CC(F)(F)F. The number of benzene rings is 2. The maximum Gasteiger partial charge on any atom is 0.446 e. The number of aromatic hydroxyl groups is 2. The van der Waals surface area contributed by atoms with Crippen molar-refractivity contribution in [1.82, 2.24) is 9.80 Å². The Labute approximate surface area is 296 Å². The Morgan fingerprint density at radius 1 is 0.816 bits per heavy atom. The molecule has 2 aliphatic carbocycles. The number of piperidine rings is 2. The van der Waals surface area contributed by atoms with Gasteiger partial charge < -0.3 is 29.5 Å². The Hall–Kier alpha value is -3.16. The molecule has 2 saturated heterocycles. The molecule has 6 rings (SSSR count). The summed E-state index contributed by atoms with van der Waals surface area (Å²) in [4.78, 5) is 36.7. The van der Waals surface area contributed by atoms with Crippen molar-refractivity contribution >= 4 is 35.2 Å². The number of hydrogen-bond donors (Lipinski definition) is 2. The third-order valence-electron chi connectivity index (χ3n) is 9.98. The molecule has 2 N–H and O–H groups in total. The highest BCUT2D eigenvalue weighted by atomic mass is 79.9. The monoisotopic (exact) mass is 756 g/mol. The fraction of sp³-hybridized carbons (Fsp3) is 0.583. The van der Waals surface area contributed by atoms with Crippen LogP contribution in [0.2, 0.25) is 0 Å². The van der Waals surface area contributed by atoms with Crippen molar-refractivity contribution in [2.24, 2.45) is 11.8 Å². The molecule has 2 aromatic carbocycles. The summed E-state index contributed by atoms with van der Waals surface area (Å²) in [6.07, 6.45) is 2.95. The minimum absolute atomic E-state index is 0. The number of carbonyl (C=O) groups excluding carboxylic acids is 3. The van der Waals surface area contributed by atoms with E-state index >= 15 is 0 Å². The maximum absolute atomic E-state index is 11.5. The maximum atomic E-state index is 11.5. The summed E-state index contributed by atoms with van der Waals surface area (Å²) in [5.74, 6) is 1.31. The summed E-state index contributed by atoms with van der Waals surface area (Å²) in [6, 6.07) is 8.54. The minimum Gasteiger partial charge on any atom is -0.504 e. The number of aldehydes is 1. The van der Waals surface area contributed by atoms with Crippen LogP contribution >= 0.6 is 17.0 Å². The highest BCUT2D eigenvalue weighted by Gasteiger charge is 2.38. The highest BCUT2D eigenvalue weighted by Crippen LogP contribution is 2.43. The van der Waals surface area contributed by atoms with Gasteiger partial charge in [0.2, 0.25) is 6.29 Å². The fourth-order valence-electron chi connectivity index (χ4n) is 7.89. The predicted molar refractivity (Wildman–Crippen MR) is 184 cm³/mol. The first-order valence-corrected chi connectivity index (χ1v) is 16.8. The Morgan fingerprint density at radius 2 is 1.29 bits per heavy atom. The third kappa shape index (κ3) is 10.2. The van der Waals surface area contributed by atoms with E-state index in [1.807, 2.05) is 12.1 Å². The molecule has 49 heavy (non-hydrogen) atoms. The van der Waals surface area contributed by atoms with Crippen LogP contribution in [0.15, 0.2) is 24.3 Å². The van der Waals surface area contributed by atoms with Crippen molar-refractivity contribution in [1.29, 1.82) is 0 Å². The van der Waals surface area contributed by atoms with E-state index < -0.39 is 24.4 Å². The molecule has 13 heteroatoms. The highest BCUT2D eigenvalue weighted by molar-refractivity contribution is 8.93. The first-order valence-electron chi connectivity index (χ1n) is 16.8. The molecule has 9 nitrogen and oxygen atoms in total. The molecule has 2 fully saturated rings. The molecule has 2 aromatic rings. The minimum atomic E-state index is -4.64. The number of nitrogens with zero attached hydrogens (tertiary/aromatic N) is 2. The van der Waals surface area contributed by atoms with Gasteiger partial charge in [0.1, 0.15) is 0 Å². The lowest BCUT2D eigenvalue weighted by molar-refractivity contribution is -0.156. The van der Waals surface area contributed by atoms with E-state index in [9.17, 15) is 33.0 Å². The van der Waals surface area contributed by atoms with E-state index in [4.69, 9.17) is 14.3 Å². The molecular formula is C36H48BrF3N2O7.